The molecule has 3 aromatic carbocycles. The van der Waals surface area contributed by atoms with Crippen LogP contribution < -0.4 is 10.6 Å². The molecular formula is C26H25Br2ClN2O2S. The first-order valence-electron chi connectivity index (χ1n) is 10.6. The van der Waals surface area contributed by atoms with E-state index in [4.69, 9.17) is 11.6 Å². The molecule has 3 rings (SSSR count). The minimum atomic E-state index is -0.378. The Morgan fingerprint density at radius 2 is 1.71 bits per heavy atom. The third-order valence-corrected chi connectivity index (χ3v) is 7.21. The molecule has 1 atom stereocenters. The van der Waals surface area contributed by atoms with Crippen LogP contribution in [0.5, 0.6) is 0 Å². The molecule has 2 N–H and O–H groups in total. The Hall–Kier alpha value is -1.80. The largest absolute Gasteiger partial charge is 0.349 e. The number of aryl methyl sites for hydroxylation is 1. The Morgan fingerprint density at radius 1 is 1.00 bits per heavy atom. The van der Waals surface area contributed by atoms with Crippen LogP contribution in [0.1, 0.15) is 44.3 Å². The summed E-state index contributed by atoms with van der Waals surface area (Å²) < 4.78 is 2.03. The number of rotatable bonds is 8. The number of carbonyl (C=O) groups excluding carboxylic acids is 2. The number of hydrogen-bond donors (Lipinski definition) is 2. The van der Waals surface area contributed by atoms with Crippen molar-refractivity contribution < 1.29 is 9.59 Å². The zero-order valence-corrected chi connectivity index (χ0v) is 23.8. The van der Waals surface area contributed by atoms with Gasteiger partial charge in [-0.2, -0.15) is 11.8 Å². The van der Waals surface area contributed by atoms with Crippen molar-refractivity contribution in [3.05, 3.63) is 96.4 Å². The van der Waals surface area contributed by atoms with Crippen molar-refractivity contribution in [3.8, 4) is 0 Å². The van der Waals surface area contributed by atoms with Crippen LogP contribution in [0, 0.1) is 6.92 Å². The van der Waals surface area contributed by atoms with Gasteiger partial charge in [0.05, 0.1) is 16.1 Å². The predicted molar refractivity (Wildman–Crippen MR) is 151 cm³/mol. The molecule has 0 saturated heterocycles. The summed E-state index contributed by atoms with van der Waals surface area (Å²) in [6.07, 6.45) is 2.74. The van der Waals surface area contributed by atoms with Gasteiger partial charge in [-0.15, -0.1) is 0 Å². The molecule has 0 spiro atoms. The van der Waals surface area contributed by atoms with Gasteiger partial charge in [0.15, 0.2) is 0 Å². The summed E-state index contributed by atoms with van der Waals surface area (Å²) in [6, 6.07) is 17.0. The molecule has 0 heterocycles. The van der Waals surface area contributed by atoms with Crippen molar-refractivity contribution in [2.75, 3.05) is 17.3 Å². The maximum atomic E-state index is 13.1. The molecule has 2 amide bonds. The average Bonchev–Trinajstić information content (AvgIpc) is 2.74. The van der Waals surface area contributed by atoms with Gasteiger partial charge in [0.2, 0.25) is 0 Å². The molecule has 0 bridgehead atoms. The van der Waals surface area contributed by atoms with E-state index >= 15 is 0 Å². The number of carbonyl (C=O) groups is 2. The summed E-state index contributed by atoms with van der Waals surface area (Å²) in [5.41, 5.74) is 4.34. The fraction of sp³-hybridized carbons (Fsp3) is 0.231. The lowest BCUT2D eigenvalue weighted by Gasteiger charge is -2.16. The third-order valence-electron chi connectivity index (χ3n) is 5.15. The SMILES string of the molecule is CSC[C@H](C)NC(=O)c1c(Cl)cccc1C(=O)Nc1ccc(Cc2cc(Br)cc(Br)c2)cc1C. The number of halogens is 3. The van der Waals surface area contributed by atoms with Crippen molar-refractivity contribution in [3.63, 3.8) is 0 Å². The van der Waals surface area contributed by atoms with Gasteiger partial charge in [0, 0.05) is 26.4 Å². The highest BCUT2D eigenvalue weighted by atomic mass is 79.9. The first-order chi connectivity index (χ1) is 16.2. The zero-order chi connectivity index (χ0) is 24.8. The lowest BCUT2D eigenvalue weighted by molar-refractivity contribution is 0.0931. The summed E-state index contributed by atoms with van der Waals surface area (Å²) in [5.74, 6) is 0.0293. The molecule has 4 nitrogen and oxygen atoms in total. The number of thioether (sulfide) groups is 1. The monoisotopic (exact) mass is 622 g/mol. The molecule has 0 fully saturated rings. The van der Waals surface area contributed by atoms with Crippen LogP contribution in [0.4, 0.5) is 5.69 Å². The van der Waals surface area contributed by atoms with Gasteiger partial charge in [-0.25, -0.2) is 0 Å². The fourth-order valence-electron chi connectivity index (χ4n) is 3.65. The Kier molecular flexibility index (Phi) is 9.65. The topological polar surface area (TPSA) is 58.2 Å². The van der Waals surface area contributed by atoms with Gasteiger partial charge in [-0.1, -0.05) is 61.7 Å². The normalized spacial score (nSPS) is 11.7. The second-order valence-electron chi connectivity index (χ2n) is 8.05. The molecule has 0 unspecified atom stereocenters. The number of nitrogens with one attached hydrogen (secondary N) is 2. The zero-order valence-electron chi connectivity index (χ0n) is 19.0. The van der Waals surface area contributed by atoms with Crippen LogP contribution in [0.25, 0.3) is 0 Å². The quantitative estimate of drug-likeness (QED) is 0.273. The number of amides is 2. The van der Waals surface area contributed by atoms with Crippen molar-refractivity contribution in [1.29, 1.82) is 0 Å². The van der Waals surface area contributed by atoms with E-state index in [1.807, 2.05) is 38.3 Å². The molecule has 3 aromatic rings. The maximum Gasteiger partial charge on any atom is 0.256 e. The Bertz CT molecular complexity index is 1200. The second kappa shape index (κ2) is 12.2. The van der Waals surface area contributed by atoms with Gasteiger partial charge < -0.3 is 10.6 Å². The first kappa shape index (κ1) is 26.8. The standard InChI is InChI=1S/C26H25Br2ClN2O2S/c1-15-9-17(10-18-11-19(27)13-20(28)12-18)7-8-23(15)31-25(32)21-5-4-6-22(29)24(21)26(33)30-16(2)14-34-3/h4-9,11-13,16H,10,14H2,1-3H3,(H,30,33)(H,31,32)/t16-/m0/s1. The molecule has 0 aliphatic carbocycles. The molecule has 0 aliphatic rings. The second-order valence-corrected chi connectivity index (χ2v) is 11.2. The Balaban J connectivity index is 1.79. The van der Waals surface area contributed by atoms with E-state index in [0.29, 0.717) is 5.69 Å². The van der Waals surface area contributed by atoms with Crippen molar-refractivity contribution in [2.24, 2.45) is 0 Å². The molecule has 34 heavy (non-hydrogen) atoms. The highest BCUT2D eigenvalue weighted by Gasteiger charge is 2.22. The van der Waals surface area contributed by atoms with Crippen molar-refractivity contribution >= 4 is 72.7 Å². The Morgan fingerprint density at radius 3 is 2.35 bits per heavy atom. The highest BCUT2D eigenvalue weighted by molar-refractivity contribution is 9.11. The minimum Gasteiger partial charge on any atom is -0.349 e. The molecule has 0 radical (unpaired) electrons. The summed E-state index contributed by atoms with van der Waals surface area (Å²) in [5, 5.41) is 6.10. The highest BCUT2D eigenvalue weighted by Crippen LogP contribution is 2.25. The van der Waals surface area contributed by atoms with E-state index < -0.39 is 0 Å². The number of anilines is 1. The van der Waals surface area contributed by atoms with Crippen LogP contribution in [0.3, 0.4) is 0 Å². The number of hydrogen-bond acceptors (Lipinski definition) is 3. The summed E-state index contributed by atoms with van der Waals surface area (Å²) in [4.78, 5) is 26.0. The fourth-order valence-corrected chi connectivity index (χ4v) is 5.88. The van der Waals surface area contributed by atoms with Crippen molar-refractivity contribution in [2.45, 2.75) is 26.3 Å². The van der Waals surface area contributed by atoms with E-state index in [1.165, 1.54) is 5.56 Å². The van der Waals surface area contributed by atoms with Gasteiger partial charge in [0.25, 0.3) is 11.8 Å². The van der Waals surface area contributed by atoms with Crippen LogP contribution in [0.2, 0.25) is 5.02 Å². The van der Waals surface area contributed by atoms with Crippen LogP contribution in [-0.4, -0.2) is 29.9 Å². The van der Waals surface area contributed by atoms with E-state index in [0.717, 1.165) is 32.2 Å². The molecule has 178 valence electrons. The lowest BCUT2D eigenvalue weighted by atomic mass is 10.0. The van der Waals surface area contributed by atoms with Crippen LogP contribution in [0.15, 0.2) is 63.5 Å². The smallest absolute Gasteiger partial charge is 0.256 e. The lowest BCUT2D eigenvalue weighted by Crippen LogP contribution is -2.35. The van der Waals surface area contributed by atoms with E-state index in [2.05, 4.69) is 60.7 Å². The molecule has 0 aliphatic heterocycles. The van der Waals surface area contributed by atoms with Crippen LogP contribution >= 0.6 is 55.2 Å². The molecule has 0 saturated carbocycles. The molecule has 8 heteroatoms. The van der Waals surface area contributed by atoms with Crippen LogP contribution in [-0.2, 0) is 6.42 Å². The van der Waals surface area contributed by atoms with Gasteiger partial charge in [0.1, 0.15) is 0 Å². The summed E-state index contributed by atoms with van der Waals surface area (Å²) in [7, 11) is 0. The van der Waals surface area contributed by atoms with Gasteiger partial charge >= 0.3 is 0 Å². The van der Waals surface area contributed by atoms with E-state index in [9.17, 15) is 9.59 Å². The average molecular weight is 625 g/mol. The van der Waals surface area contributed by atoms with Gasteiger partial charge in [-0.05, 0) is 79.6 Å². The minimum absolute atomic E-state index is 0.0460. The number of benzene rings is 3. The predicted octanol–water partition coefficient (Wildman–Crippen LogP) is 7.50. The molecule has 0 aromatic heterocycles. The maximum absolute atomic E-state index is 13.1. The van der Waals surface area contributed by atoms with E-state index in [-0.39, 0.29) is 34.0 Å². The first-order valence-corrected chi connectivity index (χ1v) is 14.0. The van der Waals surface area contributed by atoms with E-state index in [1.54, 1.807) is 30.0 Å². The molecular weight excluding hydrogens is 600 g/mol. The van der Waals surface area contributed by atoms with Crippen molar-refractivity contribution in [1.82, 2.24) is 5.32 Å². The summed E-state index contributed by atoms with van der Waals surface area (Å²) in [6.45, 7) is 3.87. The van der Waals surface area contributed by atoms with Gasteiger partial charge in [-0.3, -0.25) is 9.59 Å². The summed E-state index contributed by atoms with van der Waals surface area (Å²) >= 11 is 15.0. The Labute approximate surface area is 226 Å². The third kappa shape index (κ3) is 7.11.